The lowest BCUT2D eigenvalue weighted by Gasteiger charge is -2.61. The fourth-order valence-corrected chi connectivity index (χ4v) is 17.7. The minimum atomic E-state index is -0.462. The van der Waals surface area contributed by atoms with Crippen LogP contribution in [0.1, 0.15) is 191 Å². The fourth-order valence-electron chi connectivity index (χ4n) is 17.3. The van der Waals surface area contributed by atoms with E-state index in [1.54, 1.807) is 6.33 Å². The van der Waals surface area contributed by atoms with Gasteiger partial charge in [-0.05, 0) is 212 Å². The zero-order valence-corrected chi connectivity index (χ0v) is 40.9. The van der Waals surface area contributed by atoms with Crippen molar-refractivity contribution < 1.29 is 19.8 Å². The van der Waals surface area contributed by atoms with E-state index in [0.29, 0.717) is 52.0 Å². The Hall–Kier alpha value is -1.64. The summed E-state index contributed by atoms with van der Waals surface area (Å²) in [6, 6.07) is 0. The average Bonchev–Trinajstić information content (AvgIpc) is 4.01. The lowest BCUT2D eigenvalue weighted by Crippen LogP contribution is -2.55. The number of carbonyl (C=O) groups excluding carboxylic acids is 2. The molecule has 63 heavy (non-hydrogen) atoms. The molecule has 7 nitrogen and oxygen atoms in total. The summed E-state index contributed by atoms with van der Waals surface area (Å²) in [5.41, 5.74) is 2.46. The van der Waals surface area contributed by atoms with Gasteiger partial charge < -0.3 is 14.8 Å². The number of imidazole rings is 1. The van der Waals surface area contributed by atoms with Crippen molar-refractivity contribution in [2.24, 2.45) is 85.8 Å². The molecule has 0 aromatic carbocycles. The normalized spacial score (nSPS) is 46.5. The number of aliphatic imine (C=N–C) groups is 1. The Morgan fingerprint density at radius 2 is 1.13 bits per heavy atom. The highest BCUT2D eigenvalue weighted by Gasteiger charge is 2.63. The number of ketones is 2. The molecule has 10 rings (SSSR count). The molecule has 8 heteroatoms. The van der Waals surface area contributed by atoms with Crippen LogP contribution in [-0.2, 0) is 16.1 Å². The summed E-state index contributed by atoms with van der Waals surface area (Å²) in [6.07, 6.45) is 30.0. The Morgan fingerprint density at radius 1 is 0.651 bits per heavy atom. The van der Waals surface area contributed by atoms with Crippen LogP contribution in [0, 0.1) is 87.8 Å². The summed E-state index contributed by atoms with van der Waals surface area (Å²) >= 11 is 3.43. The lowest BCUT2D eigenvalue weighted by molar-refractivity contribution is -0.151. The van der Waals surface area contributed by atoms with Crippen LogP contribution in [-0.4, -0.2) is 54.1 Å². The zero-order valence-electron chi connectivity index (χ0n) is 39.4. The molecule has 8 fully saturated rings. The highest BCUT2D eigenvalue weighted by molar-refractivity contribution is 9.09. The Bertz CT molecular complexity index is 1850. The molecule has 0 unspecified atom stereocenters. The predicted octanol–water partition coefficient (Wildman–Crippen LogP) is 13.2. The van der Waals surface area contributed by atoms with Crippen LogP contribution in [0.15, 0.2) is 29.3 Å². The summed E-state index contributed by atoms with van der Waals surface area (Å²) in [4.78, 5) is 34.1. The van der Waals surface area contributed by atoms with E-state index >= 15 is 0 Å². The first-order chi connectivity index (χ1) is 28.7. The van der Waals surface area contributed by atoms with Crippen molar-refractivity contribution in [2.45, 2.75) is 210 Å². The summed E-state index contributed by atoms with van der Waals surface area (Å²) < 4.78 is 1.97. The Morgan fingerprint density at radius 3 is 1.52 bits per heavy atom. The van der Waals surface area contributed by atoms with Gasteiger partial charge in [0.2, 0.25) is 0 Å². The van der Waals surface area contributed by atoms with Crippen LogP contribution in [0.2, 0.25) is 0 Å². The Labute approximate surface area is 392 Å². The van der Waals surface area contributed by atoms with Crippen LogP contribution in [0.25, 0.3) is 0 Å². The summed E-state index contributed by atoms with van der Waals surface area (Å²) in [6.45, 7) is 18.5. The van der Waals surface area contributed by atoms with E-state index in [1.165, 1.54) is 77.0 Å². The first-order valence-electron chi connectivity index (χ1n) is 25.0. The molecule has 0 saturated heterocycles. The summed E-state index contributed by atoms with van der Waals surface area (Å²) in [5.74, 6) is 7.39. The van der Waals surface area contributed by atoms with E-state index in [0.717, 1.165) is 85.9 Å². The fraction of sp³-hybridized carbons (Fsp3) is 0.855. The molecule has 1 aromatic heterocycles. The lowest BCUT2D eigenvalue weighted by atomic mass is 9.44. The standard InChI is InChI=1S/C26H40N2O2.C22H35BrO2.C5H7N.2CH4/c1-17-14-28(16-27-17)15-23(29)22-8-7-20-19-6-5-18-13-24(2,30)11-12-25(18,3)21(19)9-10-26(20,22)4;1-20(25)10-11-21(2)14(12-20)4-5-15-16-6-7-18(19(24)13-23)22(16,3)9-8-17(15)21;1-5-3-2-4-6-5;;/h14,16,18-22,30H,5-13,15H2,1-4H3;14-18,25H,4-13H2,1-3H3;3-4H,2H2,1H3;2*1H4/t18-,19+,20+,21+,22-,24-,25+,26+;14-,15+,16+,17+,18-,20-,21+,22+;;;/m11.../s1. The zero-order chi connectivity index (χ0) is 43.8. The summed E-state index contributed by atoms with van der Waals surface area (Å²) in [7, 11) is 0. The number of allylic oxidation sites excluding steroid dienone is 2. The van der Waals surface area contributed by atoms with E-state index in [4.69, 9.17) is 0 Å². The van der Waals surface area contributed by atoms with Crippen molar-refractivity contribution in [3.05, 3.63) is 30.0 Å². The molecule has 356 valence electrons. The van der Waals surface area contributed by atoms with Gasteiger partial charge in [0.1, 0.15) is 5.78 Å². The highest BCUT2D eigenvalue weighted by Crippen LogP contribution is 2.70. The average molecular weight is 937 g/mol. The number of nitrogens with zero attached hydrogens (tertiary/aromatic N) is 3. The van der Waals surface area contributed by atoms with Crippen molar-refractivity contribution in [3.63, 3.8) is 0 Å². The number of Topliss-reactive ketones (excluding diaryl/α,β-unsaturated/α-hetero) is 2. The van der Waals surface area contributed by atoms with Gasteiger partial charge in [0.25, 0.3) is 0 Å². The van der Waals surface area contributed by atoms with Crippen molar-refractivity contribution in [3.8, 4) is 0 Å². The molecule has 0 spiro atoms. The van der Waals surface area contributed by atoms with E-state index in [9.17, 15) is 19.8 Å². The molecule has 8 saturated carbocycles. The van der Waals surface area contributed by atoms with Gasteiger partial charge in [-0.15, -0.1) is 0 Å². The second-order valence-corrected chi connectivity index (χ2v) is 24.8. The van der Waals surface area contributed by atoms with E-state index in [1.807, 2.05) is 44.7 Å². The van der Waals surface area contributed by atoms with Crippen LogP contribution < -0.4 is 0 Å². The van der Waals surface area contributed by atoms with Crippen molar-refractivity contribution in [2.75, 3.05) is 5.33 Å². The minimum Gasteiger partial charge on any atom is -0.390 e. The number of fused-ring (bicyclic) bond motifs is 10. The van der Waals surface area contributed by atoms with Crippen molar-refractivity contribution >= 4 is 33.7 Å². The number of rotatable bonds is 5. The number of aromatic nitrogens is 2. The molecule has 1 aliphatic heterocycles. The Balaban J connectivity index is 0.000000182. The third-order valence-electron chi connectivity index (χ3n) is 20.7. The second-order valence-electron chi connectivity index (χ2n) is 24.2. The quantitative estimate of drug-likeness (QED) is 0.286. The number of halogens is 1. The first kappa shape index (κ1) is 50.8. The molecule has 8 aliphatic carbocycles. The van der Waals surface area contributed by atoms with Crippen molar-refractivity contribution in [1.29, 1.82) is 0 Å². The highest BCUT2D eigenvalue weighted by atomic mass is 79.9. The first-order valence-corrected chi connectivity index (χ1v) is 26.1. The number of hydrogen-bond donors (Lipinski definition) is 2. The molecule has 0 radical (unpaired) electrons. The topological polar surface area (TPSA) is 105 Å². The van der Waals surface area contributed by atoms with E-state index in [-0.39, 0.29) is 37.5 Å². The SMILES string of the molecule is C.C.CC1=CCC=N1.C[C@@]1(O)CC[C@@]2(C)[C@H](CC[C@@H]3[C@@H]2CC[C@]2(C)[C@@H](C(=O)CBr)CC[C@@H]32)C1.Cc1cn(CC(=O)[C@H]2CC[C@H]3[C@@H]4CC[C@@H]5C[C@](C)(O)CC[C@]5(C)[C@H]4CC[C@]23C)cn1. The number of hydrogen-bond acceptors (Lipinski definition) is 6. The molecule has 1 aromatic rings. The Kier molecular flexibility index (Phi) is 15.1. The van der Waals surface area contributed by atoms with Gasteiger partial charge in [0.15, 0.2) is 5.78 Å². The molecular formula is C55H90BrN3O4. The largest absolute Gasteiger partial charge is 0.390 e. The maximum absolute atomic E-state index is 13.3. The minimum absolute atomic E-state index is 0. The number of carbonyl (C=O) groups is 2. The van der Waals surface area contributed by atoms with Gasteiger partial charge in [-0.25, -0.2) is 4.98 Å². The van der Waals surface area contributed by atoms with Crippen LogP contribution >= 0.6 is 15.9 Å². The molecule has 9 aliphatic rings. The monoisotopic (exact) mass is 936 g/mol. The van der Waals surface area contributed by atoms with Crippen LogP contribution in [0.4, 0.5) is 0 Å². The van der Waals surface area contributed by atoms with Gasteiger partial charge in [0, 0.05) is 36.4 Å². The summed E-state index contributed by atoms with van der Waals surface area (Å²) in [5, 5.41) is 21.8. The van der Waals surface area contributed by atoms with Gasteiger partial charge in [-0.2, -0.15) is 0 Å². The number of aliphatic hydroxyl groups is 2. The second kappa shape index (κ2) is 18.8. The van der Waals surface area contributed by atoms with Gasteiger partial charge in [-0.3, -0.25) is 14.6 Å². The maximum Gasteiger partial charge on any atom is 0.156 e. The number of alkyl halides is 1. The van der Waals surface area contributed by atoms with Gasteiger partial charge >= 0.3 is 0 Å². The molecule has 0 bridgehead atoms. The van der Waals surface area contributed by atoms with Gasteiger partial charge in [-0.1, -0.05) is 64.6 Å². The molecule has 0 amide bonds. The van der Waals surface area contributed by atoms with Gasteiger partial charge in [0.05, 0.1) is 35.1 Å². The van der Waals surface area contributed by atoms with E-state index < -0.39 is 11.2 Å². The molecular weight excluding hydrogens is 847 g/mol. The van der Waals surface area contributed by atoms with Crippen molar-refractivity contribution in [1.82, 2.24) is 9.55 Å². The molecule has 2 heterocycles. The van der Waals surface area contributed by atoms with Crippen LogP contribution in [0.5, 0.6) is 0 Å². The van der Waals surface area contributed by atoms with E-state index in [2.05, 4.69) is 59.7 Å². The smallest absolute Gasteiger partial charge is 0.156 e. The molecule has 16 atom stereocenters. The maximum atomic E-state index is 13.3. The molecule has 2 N–H and O–H groups in total. The number of aryl methyl sites for hydroxylation is 1. The third-order valence-corrected chi connectivity index (χ3v) is 21.3. The van der Waals surface area contributed by atoms with Crippen LogP contribution in [0.3, 0.4) is 0 Å². The third kappa shape index (κ3) is 9.34. The predicted molar refractivity (Wildman–Crippen MR) is 263 cm³/mol.